The standard InChI is InChI=1S/C34H42N2O2.C2H6/c1-3-4-5-6-8-11-29-28-15-13-25(22-37)19-31(28)36-23-34(33(38)35-16-9-7-10-17-35)21-30(34)27-18-24(2)12-14-26(20-27)32(29)36;1-2/h12-15,18-19,22,30H,3-11,16-17,20-21,23H2,1-2H3;1-2H3. The topological polar surface area (TPSA) is 42.3 Å². The van der Waals surface area contributed by atoms with E-state index in [9.17, 15) is 9.59 Å². The van der Waals surface area contributed by atoms with Gasteiger partial charge in [-0.1, -0.05) is 88.0 Å². The van der Waals surface area contributed by atoms with E-state index < -0.39 is 0 Å². The van der Waals surface area contributed by atoms with Crippen LogP contribution in [0.15, 0.2) is 47.6 Å². The smallest absolute Gasteiger partial charge is 0.231 e. The van der Waals surface area contributed by atoms with Gasteiger partial charge in [-0.25, -0.2) is 0 Å². The van der Waals surface area contributed by atoms with Crippen LogP contribution in [0.3, 0.4) is 0 Å². The molecule has 40 heavy (non-hydrogen) atoms. The quantitative estimate of drug-likeness (QED) is 0.248. The lowest BCUT2D eigenvalue weighted by Gasteiger charge is -2.33. The van der Waals surface area contributed by atoms with Gasteiger partial charge >= 0.3 is 0 Å². The Balaban J connectivity index is 0.00000158. The number of carbonyl (C=O) groups excluding carboxylic acids is 2. The van der Waals surface area contributed by atoms with Gasteiger partial charge in [0.1, 0.15) is 6.29 Å². The van der Waals surface area contributed by atoms with Gasteiger partial charge in [0.25, 0.3) is 0 Å². The van der Waals surface area contributed by atoms with Crippen LogP contribution >= 0.6 is 0 Å². The van der Waals surface area contributed by atoms with Gasteiger partial charge in [0.05, 0.1) is 5.41 Å². The van der Waals surface area contributed by atoms with Gasteiger partial charge in [-0.15, -0.1) is 0 Å². The number of aryl methyl sites for hydroxylation is 1. The number of unbranched alkanes of at least 4 members (excludes halogenated alkanes) is 4. The Bertz CT molecular complexity index is 1350. The predicted molar refractivity (Wildman–Crippen MR) is 167 cm³/mol. The van der Waals surface area contributed by atoms with Gasteiger partial charge in [-0.3, -0.25) is 9.59 Å². The highest BCUT2D eigenvalue weighted by Crippen LogP contribution is 2.62. The molecule has 2 aromatic rings. The molecule has 4 aliphatic rings. The van der Waals surface area contributed by atoms with Crippen molar-refractivity contribution in [2.45, 2.75) is 105 Å². The summed E-state index contributed by atoms with van der Waals surface area (Å²) in [5, 5.41) is 1.26. The number of hydrogen-bond acceptors (Lipinski definition) is 2. The van der Waals surface area contributed by atoms with Crippen LogP contribution in [-0.4, -0.2) is 34.7 Å². The van der Waals surface area contributed by atoms with Crippen molar-refractivity contribution >= 4 is 28.7 Å². The van der Waals surface area contributed by atoms with Crippen molar-refractivity contribution in [2.24, 2.45) is 11.3 Å². The molecule has 2 fully saturated rings. The van der Waals surface area contributed by atoms with Gasteiger partial charge in [0.15, 0.2) is 0 Å². The molecule has 2 unspecified atom stereocenters. The first-order valence-electron chi connectivity index (χ1n) is 16.0. The Kier molecular flexibility index (Phi) is 8.83. The molecule has 2 aliphatic heterocycles. The highest BCUT2D eigenvalue weighted by Gasteiger charge is 2.63. The van der Waals surface area contributed by atoms with Gasteiger partial charge in [-0.05, 0) is 75.0 Å². The minimum absolute atomic E-state index is 0.305. The van der Waals surface area contributed by atoms with Crippen LogP contribution < -0.4 is 0 Å². The Morgan fingerprint density at radius 3 is 2.58 bits per heavy atom. The molecular weight excluding hydrogens is 492 g/mol. The fourth-order valence-electron chi connectivity index (χ4n) is 7.45. The van der Waals surface area contributed by atoms with E-state index in [0.29, 0.717) is 23.9 Å². The molecule has 1 amide bonds. The number of hydrogen-bond donors (Lipinski definition) is 0. The van der Waals surface area contributed by atoms with Crippen LogP contribution in [0.1, 0.15) is 114 Å². The van der Waals surface area contributed by atoms with Crippen LogP contribution in [0, 0.1) is 11.3 Å². The minimum Gasteiger partial charge on any atom is -0.342 e. The predicted octanol–water partition coefficient (Wildman–Crippen LogP) is 8.69. The molecule has 2 aliphatic carbocycles. The second-order valence-corrected chi connectivity index (χ2v) is 12.2. The number of aromatic nitrogens is 1. The van der Waals surface area contributed by atoms with Gasteiger partial charge in [0.2, 0.25) is 5.91 Å². The molecular formula is C36H48N2O2. The first-order chi connectivity index (χ1) is 19.6. The average molecular weight is 541 g/mol. The Morgan fingerprint density at radius 1 is 1.05 bits per heavy atom. The monoisotopic (exact) mass is 540 g/mol. The lowest BCUT2D eigenvalue weighted by Crippen LogP contribution is -2.43. The number of aldehydes is 1. The largest absolute Gasteiger partial charge is 0.342 e. The lowest BCUT2D eigenvalue weighted by molar-refractivity contribution is -0.139. The molecule has 6 rings (SSSR count). The maximum Gasteiger partial charge on any atom is 0.231 e. The van der Waals surface area contributed by atoms with Crippen molar-refractivity contribution in [2.75, 3.05) is 13.1 Å². The summed E-state index contributed by atoms with van der Waals surface area (Å²) in [5.74, 6) is 0.668. The summed E-state index contributed by atoms with van der Waals surface area (Å²) < 4.78 is 2.46. The van der Waals surface area contributed by atoms with Gasteiger partial charge in [-0.2, -0.15) is 0 Å². The van der Waals surface area contributed by atoms with E-state index in [2.05, 4.69) is 53.7 Å². The Labute approximate surface area is 241 Å². The van der Waals surface area contributed by atoms with Crippen molar-refractivity contribution in [3.8, 4) is 0 Å². The number of piperidine rings is 1. The summed E-state index contributed by atoms with van der Waals surface area (Å²) in [7, 11) is 0. The van der Waals surface area contributed by atoms with Gasteiger partial charge in [0, 0.05) is 41.8 Å². The van der Waals surface area contributed by atoms with Crippen LogP contribution in [0.25, 0.3) is 16.5 Å². The molecule has 0 radical (unpaired) electrons. The second kappa shape index (κ2) is 12.3. The zero-order valence-corrected chi connectivity index (χ0v) is 25.2. The third kappa shape index (κ3) is 5.27. The van der Waals surface area contributed by atoms with E-state index in [1.165, 1.54) is 71.9 Å². The molecule has 1 saturated heterocycles. The lowest BCUT2D eigenvalue weighted by atomic mass is 9.88. The summed E-state index contributed by atoms with van der Waals surface area (Å²) in [6.45, 7) is 11.0. The maximum absolute atomic E-state index is 14.3. The molecule has 0 spiro atoms. The van der Waals surface area contributed by atoms with Crippen LogP contribution in [0.2, 0.25) is 0 Å². The fourth-order valence-corrected chi connectivity index (χ4v) is 7.45. The number of carbonyl (C=O) groups is 2. The summed E-state index contributed by atoms with van der Waals surface area (Å²) in [5.41, 5.74) is 8.27. The van der Waals surface area contributed by atoms with Crippen molar-refractivity contribution in [3.63, 3.8) is 0 Å². The van der Waals surface area contributed by atoms with E-state index in [4.69, 9.17) is 0 Å². The third-order valence-corrected chi connectivity index (χ3v) is 9.55. The van der Waals surface area contributed by atoms with Crippen molar-refractivity contribution < 1.29 is 9.59 Å². The van der Waals surface area contributed by atoms with Crippen molar-refractivity contribution in [1.29, 1.82) is 0 Å². The molecule has 2 bridgehead atoms. The van der Waals surface area contributed by atoms with Crippen LogP contribution in [0.5, 0.6) is 0 Å². The number of nitrogens with zero attached hydrogens (tertiary/aromatic N) is 2. The molecule has 4 nitrogen and oxygen atoms in total. The molecule has 4 heteroatoms. The Hall–Kier alpha value is -2.88. The number of benzene rings is 1. The zero-order chi connectivity index (χ0) is 28.3. The van der Waals surface area contributed by atoms with E-state index in [-0.39, 0.29) is 5.41 Å². The number of amides is 1. The molecule has 1 aromatic carbocycles. The highest BCUT2D eigenvalue weighted by atomic mass is 16.2. The van der Waals surface area contributed by atoms with E-state index in [1.807, 2.05) is 19.9 Å². The van der Waals surface area contributed by atoms with Crippen LogP contribution in [0.4, 0.5) is 0 Å². The van der Waals surface area contributed by atoms with Gasteiger partial charge < -0.3 is 9.47 Å². The first kappa shape index (κ1) is 28.6. The molecule has 2 atom stereocenters. The molecule has 1 saturated carbocycles. The summed E-state index contributed by atoms with van der Waals surface area (Å²) >= 11 is 0. The fraction of sp³-hybridized carbons (Fsp3) is 0.556. The zero-order valence-electron chi connectivity index (χ0n) is 25.2. The first-order valence-corrected chi connectivity index (χ1v) is 16.0. The molecule has 214 valence electrons. The number of rotatable bonds is 8. The molecule has 1 aromatic heterocycles. The summed E-state index contributed by atoms with van der Waals surface area (Å²) in [6, 6.07) is 6.20. The Morgan fingerprint density at radius 2 is 1.82 bits per heavy atom. The average Bonchev–Trinajstić information content (AvgIpc) is 3.68. The van der Waals surface area contributed by atoms with E-state index in [0.717, 1.165) is 57.0 Å². The highest BCUT2D eigenvalue weighted by molar-refractivity contribution is 5.95. The SMILES string of the molecule is CC.CCCCCCCc1c2n(c3cc(C=O)ccc13)CC1(C(=O)N3CCCCC3)CC1C1=CC(C)=CC=C2C1. The van der Waals surface area contributed by atoms with Crippen molar-refractivity contribution in [3.05, 3.63) is 64.4 Å². The summed E-state index contributed by atoms with van der Waals surface area (Å²) in [4.78, 5) is 28.3. The number of allylic oxidation sites excluding steroid dienone is 6. The maximum atomic E-state index is 14.3. The molecule has 0 N–H and O–H groups in total. The third-order valence-electron chi connectivity index (χ3n) is 9.55. The van der Waals surface area contributed by atoms with E-state index >= 15 is 0 Å². The summed E-state index contributed by atoms with van der Waals surface area (Å²) in [6.07, 6.45) is 20.5. The van der Waals surface area contributed by atoms with Crippen LogP contribution in [-0.2, 0) is 17.8 Å². The van der Waals surface area contributed by atoms with E-state index in [1.54, 1.807) is 0 Å². The molecule has 3 heterocycles. The van der Waals surface area contributed by atoms with Crippen molar-refractivity contribution in [1.82, 2.24) is 9.47 Å². The number of likely N-dealkylation sites (tertiary alicyclic amines) is 1. The minimum atomic E-state index is -0.365. The normalized spacial score (nSPS) is 23.2. The number of fused-ring (bicyclic) bond motifs is 8. The second-order valence-electron chi connectivity index (χ2n) is 12.2.